The van der Waals surface area contributed by atoms with Crippen molar-refractivity contribution in [1.29, 1.82) is 0 Å². The maximum absolute atomic E-state index is 13.8. The van der Waals surface area contributed by atoms with Gasteiger partial charge in [0.15, 0.2) is 0 Å². The van der Waals surface area contributed by atoms with Gasteiger partial charge >= 0.3 is 5.97 Å². The lowest BCUT2D eigenvalue weighted by Gasteiger charge is -2.35. The number of piperazine rings is 1. The Morgan fingerprint density at radius 3 is 2.78 bits per heavy atom. The fourth-order valence-electron chi connectivity index (χ4n) is 3.01. The molecule has 0 amide bonds. The highest BCUT2D eigenvalue weighted by atomic mass is 35.5. The number of nitrogens with zero attached hydrogens (tertiary/aromatic N) is 3. The first-order chi connectivity index (χ1) is 12.4. The molecule has 2 aromatic rings. The fourth-order valence-corrected chi connectivity index (χ4v) is 4.79. The number of aromatic nitrogens is 2. The van der Waals surface area contributed by atoms with E-state index in [-0.39, 0.29) is 24.5 Å². The highest BCUT2D eigenvalue weighted by Gasteiger charge is 2.38. The van der Waals surface area contributed by atoms with Crippen LogP contribution >= 0.6 is 12.4 Å². The van der Waals surface area contributed by atoms with Crippen LogP contribution in [0, 0.1) is 5.82 Å². The van der Waals surface area contributed by atoms with Gasteiger partial charge in [-0.05, 0) is 18.2 Å². The molecule has 1 aromatic heterocycles. The molecule has 1 fully saturated rings. The Morgan fingerprint density at radius 1 is 1.41 bits per heavy atom. The standard InChI is InChI=1S/C16H19FN4O4S.ClH/c1-20-7-6-19-15(20)13-10-18-5-8-21(13)26(23,24)14-9-11(17)3-4-12(14)16(22)25-2;/h3-4,6-7,9,13,18H,5,8,10H2,1-2H3;1H. The van der Waals surface area contributed by atoms with E-state index in [1.165, 1.54) is 4.31 Å². The van der Waals surface area contributed by atoms with Gasteiger partial charge in [-0.1, -0.05) is 0 Å². The molecule has 3 rings (SSSR count). The molecule has 27 heavy (non-hydrogen) atoms. The first-order valence-electron chi connectivity index (χ1n) is 7.94. The number of carbonyl (C=O) groups is 1. The first kappa shape index (κ1) is 21.3. The lowest BCUT2D eigenvalue weighted by Crippen LogP contribution is -2.49. The number of sulfonamides is 1. The highest BCUT2D eigenvalue weighted by Crippen LogP contribution is 2.30. The molecule has 1 aliphatic heterocycles. The summed E-state index contributed by atoms with van der Waals surface area (Å²) in [5, 5.41) is 3.14. The second-order valence-corrected chi connectivity index (χ2v) is 7.72. The van der Waals surface area contributed by atoms with Gasteiger partial charge < -0.3 is 14.6 Å². The number of hydrogen-bond donors (Lipinski definition) is 1. The van der Waals surface area contributed by atoms with Crippen LogP contribution in [0.5, 0.6) is 0 Å². The number of methoxy groups -OCH3 is 1. The first-order valence-corrected chi connectivity index (χ1v) is 9.38. The number of carbonyl (C=O) groups excluding carboxylic acids is 1. The molecule has 0 bridgehead atoms. The van der Waals surface area contributed by atoms with Crippen LogP contribution in [-0.2, 0) is 21.8 Å². The third kappa shape index (κ3) is 3.98. The predicted octanol–water partition coefficient (Wildman–Crippen LogP) is 1.10. The summed E-state index contributed by atoms with van der Waals surface area (Å²) in [5.41, 5.74) is -0.203. The Bertz CT molecular complexity index is 934. The predicted molar refractivity (Wildman–Crippen MR) is 97.7 cm³/mol. The van der Waals surface area contributed by atoms with Crippen molar-refractivity contribution in [2.24, 2.45) is 7.05 Å². The van der Waals surface area contributed by atoms with Crippen molar-refractivity contribution in [2.45, 2.75) is 10.9 Å². The van der Waals surface area contributed by atoms with E-state index >= 15 is 0 Å². The second-order valence-electron chi connectivity index (χ2n) is 5.86. The number of aryl methyl sites for hydroxylation is 1. The van der Waals surface area contributed by atoms with Gasteiger partial charge in [-0.2, -0.15) is 4.31 Å². The number of ether oxygens (including phenoxy) is 1. The molecule has 1 atom stereocenters. The number of benzene rings is 1. The van der Waals surface area contributed by atoms with E-state index in [4.69, 9.17) is 0 Å². The average molecular weight is 419 g/mol. The molecule has 1 saturated heterocycles. The molecule has 1 aromatic carbocycles. The number of esters is 1. The molecule has 0 aliphatic carbocycles. The number of rotatable bonds is 4. The highest BCUT2D eigenvalue weighted by molar-refractivity contribution is 7.89. The van der Waals surface area contributed by atoms with Crippen LogP contribution in [-0.4, -0.2) is 55.0 Å². The Hall–Kier alpha value is -2.01. The van der Waals surface area contributed by atoms with Gasteiger partial charge in [0.25, 0.3) is 0 Å². The van der Waals surface area contributed by atoms with Crippen molar-refractivity contribution < 1.29 is 22.3 Å². The molecule has 0 saturated carbocycles. The summed E-state index contributed by atoms with van der Waals surface area (Å²) in [6.07, 6.45) is 3.30. The zero-order valence-corrected chi connectivity index (χ0v) is 16.4. The maximum Gasteiger partial charge on any atom is 0.339 e. The minimum Gasteiger partial charge on any atom is -0.465 e. The van der Waals surface area contributed by atoms with Crippen LogP contribution in [0.25, 0.3) is 0 Å². The summed E-state index contributed by atoms with van der Waals surface area (Å²) in [7, 11) is -1.25. The van der Waals surface area contributed by atoms with Gasteiger partial charge in [0.1, 0.15) is 11.6 Å². The van der Waals surface area contributed by atoms with Crippen LogP contribution < -0.4 is 5.32 Å². The smallest absolute Gasteiger partial charge is 0.339 e. The topological polar surface area (TPSA) is 93.5 Å². The van der Waals surface area contributed by atoms with E-state index in [2.05, 4.69) is 15.0 Å². The molecule has 2 heterocycles. The number of nitrogens with one attached hydrogen (secondary N) is 1. The van der Waals surface area contributed by atoms with Gasteiger partial charge in [-0.25, -0.2) is 22.6 Å². The van der Waals surface area contributed by atoms with Gasteiger partial charge in [-0.15, -0.1) is 12.4 Å². The van der Waals surface area contributed by atoms with Crippen molar-refractivity contribution in [3.8, 4) is 0 Å². The third-order valence-electron chi connectivity index (χ3n) is 4.29. The van der Waals surface area contributed by atoms with Crippen LogP contribution in [0.1, 0.15) is 22.2 Å². The molecular formula is C16H20ClFN4O4S. The van der Waals surface area contributed by atoms with Crippen molar-refractivity contribution in [3.05, 3.63) is 47.8 Å². The summed E-state index contributed by atoms with van der Waals surface area (Å²) in [6.45, 7) is 0.951. The Labute approximate surface area is 162 Å². The maximum atomic E-state index is 13.8. The molecule has 1 aliphatic rings. The van der Waals surface area contributed by atoms with E-state index in [1.807, 2.05) is 0 Å². The summed E-state index contributed by atoms with van der Waals surface area (Å²) < 4.78 is 48.0. The lowest BCUT2D eigenvalue weighted by molar-refractivity contribution is 0.0596. The Morgan fingerprint density at radius 2 is 2.15 bits per heavy atom. The zero-order valence-electron chi connectivity index (χ0n) is 14.8. The van der Waals surface area contributed by atoms with Gasteiger partial charge in [0, 0.05) is 39.1 Å². The van der Waals surface area contributed by atoms with Crippen LogP contribution in [0.4, 0.5) is 4.39 Å². The minimum atomic E-state index is -4.16. The second kappa shape index (κ2) is 8.34. The SMILES string of the molecule is COC(=O)c1ccc(F)cc1S(=O)(=O)N1CCNCC1c1nccn1C.Cl. The molecule has 1 N–H and O–H groups in total. The van der Waals surface area contributed by atoms with E-state index in [1.54, 1.807) is 24.0 Å². The summed E-state index contributed by atoms with van der Waals surface area (Å²) in [4.78, 5) is 15.8. The van der Waals surface area contributed by atoms with Crippen molar-refractivity contribution in [2.75, 3.05) is 26.7 Å². The molecule has 8 nitrogen and oxygen atoms in total. The number of halogens is 2. The molecule has 1 unspecified atom stereocenters. The van der Waals surface area contributed by atoms with Crippen LogP contribution in [0.15, 0.2) is 35.5 Å². The summed E-state index contributed by atoms with van der Waals surface area (Å²) in [6, 6.07) is 2.41. The quantitative estimate of drug-likeness (QED) is 0.747. The van der Waals surface area contributed by atoms with Crippen LogP contribution in [0.2, 0.25) is 0 Å². The van der Waals surface area contributed by atoms with Gasteiger partial charge in [-0.3, -0.25) is 0 Å². The largest absolute Gasteiger partial charge is 0.465 e. The summed E-state index contributed by atoms with van der Waals surface area (Å²) in [5.74, 6) is -1.04. The average Bonchev–Trinajstić information content (AvgIpc) is 3.06. The van der Waals surface area contributed by atoms with E-state index in [9.17, 15) is 17.6 Å². The fraction of sp³-hybridized carbons (Fsp3) is 0.375. The zero-order chi connectivity index (χ0) is 18.9. The lowest BCUT2D eigenvalue weighted by atomic mass is 10.2. The monoisotopic (exact) mass is 418 g/mol. The molecule has 0 spiro atoms. The minimum absolute atomic E-state index is 0. The van der Waals surface area contributed by atoms with E-state index < -0.39 is 32.7 Å². The van der Waals surface area contributed by atoms with Gasteiger partial charge in [0.2, 0.25) is 10.0 Å². The van der Waals surface area contributed by atoms with Crippen molar-refractivity contribution in [1.82, 2.24) is 19.2 Å². The molecular weight excluding hydrogens is 399 g/mol. The van der Waals surface area contributed by atoms with Crippen molar-refractivity contribution in [3.63, 3.8) is 0 Å². The van der Waals surface area contributed by atoms with E-state index in [0.29, 0.717) is 18.9 Å². The summed E-state index contributed by atoms with van der Waals surface area (Å²) >= 11 is 0. The molecule has 0 radical (unpaired) electrons. The van der Waals surface area contributed by atoms with Gasteiger partial charge in [0.05, 0.1) is 23.6 Å². The van der Waals surface area contributed by atoms with E-state index in [0.717, 1.165) is 25.3 Å². The normalized spacial score (nSPS) is 18.0. The Kier molecular flexibility index (Phi) is 6.58. The van der Waals surface area contributed by atoms with Crippen molar-refractivity contribution >= 4 is 28.4 Å². The molecule has 148 valence electrons. The number of hydrogen-bond acceptors (Lipinski definition) is 6. The number of imidazole rings is 1. The third-order valence-corrected chi connectivity index (χ3v) is 6.23. The van der Waals surface area contributed by atoms with Crippen LogP contribution in [0.3, 0.4) is 0 Å². The molecule has 11 heteroatoms. The Balaban J connectivity index is 0.00000261.